The quantitative estimate of drug-likeness (QED) is 0.423. The fourth-order valence-electron chi connectivity index (χ4n) is 1.64. The summed E-state index contributed by atoms with van der Waals surface area (Å²) in [4.78, 5) is 23.4. The lowest BCUT2D eigenvalue weighted by atomic mass is 10.4. The van der Waals surface area contributed by atoms with Crippen LogP contribution in [0.3, 0.4) is 0 Å². The van der Waals surface area contributed by atoms with Crippen LogP contribution in [0.1, 0.15) is 0 Å². The molecular formula is C9H15N4O2+. The van der Waals surface area contributed by atoms with Gasteiger partial charge >= 0.3 is 11.8 Å². The Labute approximate surface area is 88.4 Å². The molecule has 0 aromatic rings. The van der Waals surface area contributed by atoms with Crippen molar-refractivity contribution < 1.29 is 14.1 Å². The van der Waals surface area contributed by atoms with E-state index in [-0.39, 0.29) is 29.4 Å². The van der Waals surface area contributed by atoms with Gasteiger partial charge in [-0.25, -0.2) is 9.59 Å². The first kappa shape index (κ1) is 11.8. The fourth-order valence-corrected chi connectivity index (χ4v) is 1.64. The van der Waals surface area contributed by atoms with Crippen molar-refractivity contribution >= 4 is 11.8 Å². The van der Waals surface area contributed by atoms with Crippen molar-refractivity contribution in [1.29, 1.82) is 5.26 Å². The Morgan fingerprint density at radius 1 is 1.33 bits per heavy atom. The normalized spacial score (nSPS) is 21.8. The second kappa shape index (κ2) is 4.49. The van der Waals surface area contributed by atoms with Gasteiger partial charge in [0.1, 0.15) is 19.2 Å². The van der Waals surface area contributed by atoms with Gasteiger partial charge in [0.05, 0.1) is 0 Å². The molecule has 6 heteroatoms. The number of rotatable bonds is 4. The zero-order valence-electron chi connectivity index (χ0n) is 8.91. The molecule has 6 nitrogen and oxygen atoms in total. The van der Waals surface area contributed by atoms with E-state index in [2.05, 4.69) is 10.6 Å². The molecule has 1 rings (SSSR count). The van der Waals surface area contributed by atoms with Gasteiger partial charge < -0.3 is 10.6 Å². The van der Waals surface area contributed by atoms with Gasteiger partial charge in [-0.3, -0.25) is 0 Å². The highest BCUT2D eigenvalue weighted by molar-refractivity contribution is 5.89. The maximum atomic E-state index is 11.7. The average molecular weight is 211 g/mol. The van der Waals surface area contributed by atoms with Crippen LogP contribution < -0.4 is 10.6 Å². The van der Waals surface area contributed by atoms with Crippen molar-refractivity contribution in [2.75, 3.05) is 33.7 Å². The van der Waals surface area contributed by atoms with Crippen molar-refractivity contribution in [3.63, 3.8) is 0 Å². The molecule has 0 saturated carbocycles. The Hall–Kier alpha value is -1.29. The maximum absolute atomic E-state index is 11.7. The van der Waals surface area contributed by atoms with Crippen LogP contribution in [0.15, 0.2) is 0 Å². The molecule has 1 atom stereocenters. The summed E-state index contributed by atoms with van der Waals surface area (Å²) in [6, 6.07) is 1.49. The zero-order chi connectivity index (χ0) is 11.5. The number of nitrogens with one attached hydrogen (secondary N) is 2. The second-order valence-electron chi connectivity index (χ2n) is 3.54. The molecule has 2 amide bonds. The third-order valence-corrected chi connectivity index (χ3v) is 2.55. The second-order valence-corrected chi connectivity index (χ2v) is 3.54. The number of hydrogen-bond acceptors (Lipinski definition) is 5. The van der Waals surface area contributed by atoms with E-state index in [1.165, 1.54) is 0 Å². The standard InChI is InChI=1S/C9H15N4O2/c1-11-4-8(14)13(6-7(13)3-10)9(15)5-12-2/h7,11-12H,4-6H2,1-2H3/q+1. The predicted octanol–water partition coefficient (Wildman–Crippen LogP) is -1.80. The minimum absolute atomic E-state index is 0.119. The first-order chi connectivity index (χ1) is 7.13. The Balaban J connectivity index is 2.79. The van der Waals surface area contributed by atoms with E-state index in [9.17, 15) is 9.59 Å². The Morgan fingerprint density at radius 3 is 2.07 bits per heavy atom. The summed E-state index contributed by atoms with van der Waals surface area (Å²) >= 11 is 0. The molecule has 0 aromatic carbocycles. The van der Waals surface area contributed by atoms with Crippen LogP contribution in [0.25, 0.3) is 0 Å². The lowest BCUT2D eigenvalue weighted by molar-refractivity contribution is -0.647. The molecule has 0 aliphatic carbocycles. The van der Waals surface area contributed by atoms with Crippen LogP contribution in [0, 0.1) is 11.3 Å². The number of quaternary nitrogens is 1. The van der Waals surface area contributed by atoms with E-state index in [0.29, 0.717) is 6.54 Å². The van der Waals surface area contributed by atoms with E-state index in [1.54, 1.807) is 14.1 Å². The highest BCUT2D eigenvalue weighted by atomic mass is 16.2. The van der Waals surface area contributed by atoms with Crippen molar-refractivity contribution in [3.8, 4) is 6.07 Å². The van der Waals surface area contributed by atoms with Gasteiger partial charge in [-0.05, 0) is 14.1 Å². The fraction of sp³-hybridized carbons (Fsp3) is 0.667. The molecule has 1 unspecified atom stereocenters. The molecule has 0 bridgehead atoms. The zero-order valence-corrected chi connectivity index (χ0v) is 8.91. The highest BCUT2D eigenvalue weighted by Crippen LogP contribution is 2.31. The number of hydrogen-bond donors (Lipinski definition) is 2. The van der Waals surface area contributed by atoms with Gasteiger partial charge in [0.25, 0.3) is 0 Å². The minimum Gasteiger partial charge on any atom is -0.308 e. The molecule has 1 saturated heterocycles. The Bertz CT molecular complexity index is 303. The molecule has 0 radical (unpaired) electrons. The molecule has 1 aliphatic heterocycles. The van der Waals surface area contributed by atoms with Crippen molar-refractivity contribution in [1.82, 2.24) is 10.6 Å². The maximum Gasteiger partial charge on any atom is 0.336 e. The molecule has 1 heterocycles. The molecule has 2 N–H and O–H groups in total. The summed E-state index contributed by atoms with van der Waals surface area (Å²) in [5, 5.41) is 14.2. The molecule has 0 aromatic heterocycles. The lowest BCUT2D eigenvalue weighted by Gasteiger charge is -2.13. The van der Waals surface area contributed by atoms with E-state index in [0.717, 1.165) is 0 Å². The van der Waals surface area contributed by atoms with Crippen LogP contribution >= 0.6 is 0 Å². The first-order valence-corrected chi connectivity index (χ1v) is 4.76. The number of imide groups is 1. The van der Waals surface area contributed by atoms with Crippen LogP contribution in [-0.2, 0) is 9.59 Å². The van der Waals surface area contributed by atoms with Gasteiger partial charge in [0, 0.05) is 0 Å². The number of amides is 2. The van der Waals surface area contributed by atoms with Crippen LogP contribution in [0.4, 0.5) is 0 Å². The van der Waals surface area contributed by atoms with E-state index in [4.69, 9.17) is 5.26 Å². The minimum atomic E-state index is -0.494. The average Bonchev–Trinajstić information content (AvgIpc) is 2.94. The topological polar surface area (TPSA) is 82.0 Å². The molecule has 15 heavy (non-hydrogen) atoms. The van der Waals surface area contributed by atoms with Gasteiger partial charge in [-0.1, -0.05) is 0 Å². The third kappa shape index (κ3) is 1.90. The lowest BCUT2D eigenvalue weighted by Crippen LogP contribution is -2.49. The largest absolute Gasteiger partial charge is 0.336 e. The SMILES string of the molecule is CNCC(=O)[N+]1(C(=O)CNC)CC1C#N. The smallest absolute Gasteiger partial charge is 0.308 e. The summed E-state index contributed by atoms with van der Waals surface area (Å²) in [6.45, 7) is 0.554. The van der Waals surface area contributed by atoms with Crippen molar-refractivity contribution in [3.05, 3.63) is 0 Å². The van der Waals surface area contributed by atoms with Crippen LogP contribution in [0.5, 0.6) is 0 Å². The van der Waals surface area contributed by atoms with Crippen molar-refractivity contribution in [2.45, 2.75) is 6.04 Å². The first-order valence-electron chi connectivity index (χ1n) is 4.76. The number of nitriles is 1. The van der Waals surface area contributed by atoms with Gasteiger partial charge in [0.2, 0.25) is 6.04 Å². The highest BCUT2D eigenvalue weighted by Gasteiger charge is 2.66. The Morgan fingerprint density at radius 2 is 1.80 bits per heavy atom. The van der Waals surface area contributed by atoms with Gasteiger partial charge in [-0.2, -0.15) is 9.74 Å². The predicted molar refractivity (Wildman–Crippen MR) is 52.4 cm³/mol. The van der Waals surface area contributed by atoms with Crippen LogP contribution in [-0.4, -0.2) is 56.1 Å². The third-order valence-electron chi connectivity index (χ3n) is 2.55. The molecule has 82 valence electrons. The van der Waals surface area contributed by atoms with E-state index in [1.807, 2.05) is 6.07 Å². The summed E-state index contributed by atoms with van der Waals surface area (Å²) in [7, 11) is 3.28. The van der Waals surface area contributed by atoms with Gasteiger partial charge in [0.15, 0.2) is 6.54 Å². The summed E-state index contributed by atoms with van der Waals surface area (Å²) in [5.41, 5.74) is 0. The van der Waals surface area contributed by atoms with Gasteiger partial charge in [-0.15, -0.1) is 0 Å². The van der Waals surface area contributed by atoms with E-state index < -0.39 is 6.04 Å². The molecule has 1 fully saturated rings. The summed E-state index contributed by atoms with van der Waals surface area (Å²) in [5.74, 6) is -0.464. The molecular weight excluding hydrogens is 196 g/mol. The van der Waals surface area contributed by atoms with E-state index >= 15 is 0 Å². The summed E-state index contributed by atoms with van der Waals surface area (Å²) < 4.78 is -0.321. The number of nitrogens with zero attached hydrogens (tertiary/aromatic N) is 2. The molecule has 0 spiro atoms. The number of carbonyl (C=O) groups excluding carboxylic acids is 2. The monoisotopic (exact) mass is 211 g/mol. The summed E-state index contributed by atoms with van der Waals surface area (Å²) in [6.07, 6.45) is 0. The van der Waals surface area contributed by atoms with Crippen LogP contribution in [0.2, 0.25) is 0 Å². The number of likely N-dealkylation sites (N-methyl/N-ethyl adjacent to an activating group) is 2. The molecule has 1 aliphatic rings. The Kier molecular flexibility index (Phi) is 3.52. The number of carbonyl (C=O) groups is 2. The van der Waals surface area contributed by atoms with Crippen molar-refractivity contribution in [2.24, 2.45) is 0 Å².